The number of nitrogens with zero attached hydrogens (tertiary/aromatic N) is 2. The molecule has 3 aliphatic rings. The van der Waals surface area contributed by atoms with E-state index < -0.39 is 41.3 Å². The van der Waals surface area contributed by atoms with Crippen LogP contribution in [0.3, 0.4) is 0 Å². The first-order chi connectivity index (χ1) is 20.0. The lowest BCUT2D eigenvalue weighted by molar-refractivity contribution is -0.136. The fourth-order valence-electron chi connectivity index (χ4n) is 6.30. The Kier molecular flexibility index (Phi) is 8.29. The number of methoxy groups -OCH3 is 1. The number of urea groups is 2. The monoisotopic (exact) mass is 586 g/mol. The Morgan fingerprint density at radius 1 is 1.05 bits per heavy atom. The van der Waals surface area contributed by atoms with Crippen LogP contribution in [0.2, 0.25) is 0 Å². The molecule has 9 nitrogen and oxygen atoms in total. The topological polar surface area (TPSA) is 111 Å². The molecule has 2 fully saturated rings. The molecule has 12 heteroatoms. The van der Waals surface area contributed by atoms with Gasteiger partial charge in [-0.2, -0.15) is 0 Å². The number of benzene rings is 2. The molecule has 2 aromatic rings. The molecule has 1 aliphatic carbocycles. The minimum atomic E-state index is -1.35. The molecule has 2 aliphatic heterocycles. The molecule has 4 amide bonds. The van der Waals surface area contributed by atoms with Gasteiger partial charge in [-0.25, -0.2) is 32.5 Å². The van der Waals surface area contributed by atoms with Crippen LogP contribution in [0.25, 0.3) is 0 Å². The first-order valence-corrected chi connectivity index (χ1v) is 13.9. The van der Waals surface area contributed by atoms with E-state index in [4.69, 9.17) is 4.74 Å². The molecule has 1 saturated carbocycles. The molecular weight excluding hydrogens is 553 g/mol. The summed E-state index contributed by atoms with van der Waals surface area (Å²) in [4.78, 5) is 42.3. The molecule has 2 aromatic carbocycles. The number of rotatable bonds is 5. The number of ether oxygens (including phenoxy) is 1. The second-order valence-corrected chi connectivity index (χ2v) is 11.1. The number of amides is 4. The number of esters is 1. The molecule has 224 valence electrons. The number of allylic oxidation sites excluding steroid dienone is 1. The average Bonchev–Trinajstić information content (AvgIpc) is 3.42. The number of nitrogens with one attached hydrogen (secondary N) is 2. The fourth-order valence-corrected chi connectivity index (χ4v) is 6.30. The van der Waals surface area contributed by atoms with Crippen LogP contribution >= 0.6 is 0 Å². The lowest BCUT2D eigenvalue weighted by Crippen LogP contribution is -2.56. The van der Waals surface area contributed by atoms with Crippen molar-refractivity contribution >= 4 is 18.0 Å². The highest BCUT2D eigenvalue weighted by Crippen LogP contribution is 2.40. The molecule has 0 spiro atoms. The van der Waals surface area contributed by atoms with E-state index in [1.807, 2.05) is 0 Å². The highest BCUT2D eigenvalue weighted by Gasteiger charge is 2.44. The van der Waals surface area contributed by atoms with E-state index in [9.17, 15) is 32.7 Å². The fraction of sp³-hybridized carbons (Fsp3) is 0.433. The molecule has 2 atom stereocenters. The Labute approximate surface area is 241 Å². The van der Waals surface area contributed by atoms with Gasteiger partial charge < -0.3 is 20.5 Å². The summed E-state index contributed by atoms with van der Waals surface area (Å²) in [5.74, 6) is -3.48. The van der Waals surface area contributed by atoms with Gasteiger partial charge in [0.05, 0.1) is 18.3 Å². The maximum absolute atomic E-state index is 14.2. The van der Waals surface area contributed by atoms with Crippen LogP contribution in [0.5, 0.6) is 0 Å². The van der Waals surface area contributed by atoms with Crippen molar-refractivity contribution in [3.63, 3.8) is 0 Å². The molecule has 5 rings (SSSR count). The van der Waals surface area contributed by atoms with E-state index >= 15 is 0 Å². The summed E-state index contributed by atoms with van der Waals surface area (Å²) in [6.07, 6.45) is 3.07. The van der Waals surface area contributed by atoms with E-state index in [1.54, 1.807) is 12.1 Å². The van der Waals surface area contributed by atoms with Gasteiger partial charge in [-0.1, -0.05) is 18.2 Å². The SMILES string of the molecule is COC(=O)C1=C(C)NC(=O)N(C(=O)N[C@@H]2CCN(C3CCC(O)(c4ccc(F)cc4)CC3)C2)[C@H]1c1ccc(F)c(F)c1. The summed E-state index contributed by atoms with van der Waals surface area (Å²) >= 11 is 0. The van der Waals surface area contributed by atoms with Crippen LogP contribution in [-0.2, 0) is 15.1 Å². The molecule has 1 saturated heterocycles. The zero-order valence-electron chi connectivity index (χ0n) is 23.3. The summed E-state index contributed by atoms with van der Waals surface area (Å²) in [6, 6.07) is 5.75. The maximum Gasteiger partial charge on any atom is 0.337 e. The van der Waals surface area contributed by atoms with Crippen molar-refractivity contribution in [2.75, 3.05) is 20.2 Å². The standard InChI is InChI=1S/C30H33F3N4O5/c1-17-25(27(38)42-2)26(18-3-8-23(32)24(33)15-18)37(28(39)34-17)29(40)35-21-11-14-36(16-21)22-9-12-30(41,13-10-22)19-4-6-20(31)7-5-19/h3-8,15,21-22,26,41H,9-14,16H2,1-2H3,(H,34,39)(H,35,40)/t21-,22?,26+,30?/m1/s1. The second kappa shape index (κ2) is 11.8. The zero-order chi connectivity index (χ0) is 30.2. The molecule has 2 heterocycles. The van der Waals surface area contributed by atoms with Gasteiger partial charge in [0.15, 0.2) is 11.6 Å². The first-order valence-electron chi connectivity index (χ1n) is 13.9. The molecule has 0 bridgehead atoms. The van der Waals surface area contributed by atoms with Crippen LogP contribution in [0.4, 0.5) is 22.8 Å². The number of carbonyl (C=O) groups is 3. The van der Waals surface area contributed by atoms with E-state index in [1.165, 1.54) is 25.1 Å². The zero-order valence-corrected chi connectivity index (χ0v) is 23.3. The third-order valence-electron chi connectivity index (χ3n) is 8.56. The van der Waals surface area contributed by atoms with Gasteiger partial charge in [0.25, 0.3) is 0 Å². The van der Waals surface area contributed by atoms with Crippen molar-refractivity contribution in [2.24, 2.45) is 0 Å². The van der Waals surface area contributed by atoms with Gasteiger partial charge in [0.2, 0.25) is 0 Å². The predicted molar refractivity (Wildman–Crippen MR) is 145 cm³/mol. The highest BCUT2D eigenvalue weighted by molar-refractivity contribution is 6.01. The number of halogens is 3. The van der Waals surface area contributed by atoms with Crippen LogP contribution in [0.1, 0.15) is 56.2 Å². The molecule has 0 unspecified atom stereocenters. The number of hydrogen-bond donors (Lipinski definition) is 3. The van der Waals surface area contributed by atoms with Gasteiger partial charge in [-0.15, -0.1) is 0 Å². The smallest absolute Gasteiger partial charge is 0.337 e. The third-order valence-corrected chi connectivity index (χ3v) is 8.56. The van der Waals surface area contributed by atoms with Crippen molar-refractivity contribution in [3.8, 4) is 0 Å². The Balaban J connectivity index is 1.28. The Morgan fingerprint density at radius 3 is 2.38 bits per heavy atom. The molecule has 0 aromatic heterocycles. The maximum atomic E-state index is 14.2. The van der Waals surface area contributed by atoms with Gasteiger partial charge in [-0.3, -0.25) is 4.90 Å². The largest absolute Gasteiger partial charge is 0.466 e. The van der Waals surface area contributed by atoms with Gasteiger partial charge in [0.1, 0.15) is 11.9 Å². The quantitative estimate of drug-likeness (QED) is 0.453. The number of aliphatic hydroxyl groups is 1. The Morgan fingerprint density at radius 2 is 1.74 bits per heavy atom. The predicted octanol–water partition coefficient (Wildman–Crippen LogP) is 4.23. The van der Waals surface area contributed by atoms with Gasteiger partial charge in [0, 0.05) is 30.9 Å². The van der Waals surface area contributed by atoms with Crippen molar-refractivity contribution < 1.29 is 37.4 Å². The summed E-state index contributed by atoms with van der Waals surface area (Å²) in [5, 5.41) is 16.5. The third kappa shape index (κ3) is 5.73. The Bertz CT molecular complexity index is 1410. The number of hydrogen-bond acceptors (Lipinski definition) is 6. The number of carbonyl (C=O) groups excluding carboxylic acids is 3. The normalized spacial score (nSPS) is 26.7. The minimum absolute atomic E-state index is 0.0301. The van der Waals surface area contributed by atoms with Crippen LogP contribution in [-0.4, -0.2) is 65.2 Å². The van der Waals surface area contributed by atoms with E-state index in [-0.39, 0.29) is 34.7 Å². The summed E-state index contributed by atoms with van der Waals surface area (Å²) in [5.41, 5.74) is -0.239. The number of likely N-dealkylation sites (tertiary alicyclic amines) is 1. The first kappa shape index (κ1) is 29.6. The van der Waals surface area contributed by atoms with Crippen LogP contribution in [0, 0.1) is 17.5 Å². The average molecular weight is 587 g/mol. The van der Waals surface area contributed by atoms with E-state index in [0.717, 1.165) is 24.1 Å². The van der Waals surface area contributed by atoms with Gasteiger partial charge in [-0.05, 0) is 74.4 Å². The molecule has 3 N–H and O–H groups in total. The number of imide groups is 1. The van der Waals surface area contributed by atoms with Crippen molar-refractivity contribution in [2.45, 2.75) is 62.8 Å². The van der Waals surface area contributed by atoms with Crippen LogP contribution < -0.4 is 10.6 Å². The van der Waals surface area contributed by atoms with E-state index in [2.05, 4.69) is 15.5 Å². The summed E-state index contributed by atoms with van der Waals surface area (Å²) in [7, 11) is 1.14. The van der Waals surface area contributed by atoms with Crippen molar-refractivity contribution in [3.05, 3.63) is 82.3 Å². The second-order valence-electron chi connectivity index (χ2n) is 11.1. The molecule has 42 heavy (non-hydrogen) atoms. The lowest BCUT2D eigenvalue weighted by atomic mass is 9.77. The summed E-state index contributed by atoms with van der Waals surface area (Å²) < 4.78 is 46.1. The minimum Gasteiger partial charge on any atom is -0.466 e. The molecular formula is C30H33F3N4O5. The highest BCUT2D eigenvalue weighted by atomic mass is 19.2. The molecule has 0 radical (unpaired) electrons. The Hall–Kier alpha value is -3.90. The van der Waals surface area contributed by atoms with Crippen LogP contribution in [0.15, 0.2) is 53.7 Å². The van der Waals surface area contributed by atoms with Crippen molar-refractivity contribution in [1.82, 2.24) is 20.4 Å². The lowest BCUT2D eigenvalue weighted by Gasteiger charge is -2.40. The van der Waals surface area contributed by atoms with Gasteiger partial charge >= 0.3 is 18.0 Å². The van der Waals surface area contributed by atoms with Crippen molar-refractivity contribution in [1.29, 1.82) is 0 Å². The summed E-state index contributed by atoms with van der Waals surface area (Å²) in [6.45, 7) is 2.66. The van der Waals surface area contributed by atoms with E-state index in [0.29, 0.717) is 50.8 Å².